The van der Waals surface area contributed by atoms with E-state index in [0.717, 1.165) is 0 Å². The van der Waals surface area contributed by atoms with Gasteiger partial charge in [0.15, 0.2) is 6.29 Å². The zero-order chi connectivity index (χ0) is 11.6. The molecule has 1 fully saturated rings. The zero-order valence-corrected chi connectivity index (χ0v) is 8.32. The highest BCUT2D eigenvalue weighted by Crippen LogP contribution is 2.24. The number of rotatable bonds is 3. The summed E-state index contributed by atoms with van der Waals surface area (Å²) < 4.78 is 4.72. The predicted molar refractivity (Wildman–Crippen MR) is 49.9 cm³/mol. The lowest BCUT2D eigenvalue weighted by molar-refractivity contribution is -0.144. The van der Waals surface area contributed by atoms with Gasteiger partial charge in [0.25, 0.3) is 0 Å². The molecule has 0 aromatic rings. The Bertz CT molecular complexity index is 241. The van der Waals surface area contributed by atoms with Crippen LogP contribution in [0.5, 0.6) is 0 Å². The molecule has 1 aliphatic heterocycles. The molecule has 1 aliphatic rings. The van der Waals surface area contributed by atoms with Crippen molar-refractivity contribution in [2.24, 2.45) is 0 Å². The fourth-order valence-electron chi connectivity index (χ4n) is 1.44. The summed E-state index contributed by atoms with van der Waals surface area (Å²) >= 11 is 0. The summed E-state index contributed by atoms with van der Waals surface area (Å²) in [5.74, 6) is -0.345. The van der Waals surface area contributed by atoms with E-state index in [1.807, 2.05) is 0 Å². The first-order valence-corrected chi connectivity index (χ1v) is 4.75. The first kappa shape index (κ1) is 12.4. The van der Waals surface area contributed by atoms with Gasteiger partial charge in [-0.3, -0.25) is 0 Å². The Hall–Kier alpha value is -0.660. The van der Waals surface area contributed by atoms with Gasteiger partial charge in [-0.1, -0.05) is 6.92 Å². The quantitative estimate of drug-likeness (QED) is 0.376. The highest BCUT2D eigenvalue weighted by atomic mass is 16.6. The van der Waals surface area contributed by atoms with Gasteiger partial charge in [-0.05, 0) is 12.5 Å². The second kappa shape index (κ2) is 4.91. The molecule has 0 saturated carbocycles. The lowest BCUT2D eigenvalue weighted by atomic mass is 10.0. The van der Waals surface area contributed by atoms with E-state index in [4.69, 9.17) is 14.9 Å². The molecular formula is C9H16O6. The molecule has 5 atom stereocenters. The topological polar surface area (TPSA) is 110 Å². The molecule has 0 aromatic carbocycles. The van der Waals surface area contributed by atoms with Gasteiger partial charge in [0.1, 0.15) is 30.2 Å². The average molecular weight is 220 g/mol. The van der Waals surface area contributed by atoms with Crippen LogP contribution in [0.4, 0.5) is 0 Å². The van der Waals surface area contributed by atoms with Crippen molar-refractivity contribution in [3.63, 3.8) is 0 Å². The summed E-state index contributed by atoms with van der Waals surface area (Å²) in [5.41, 5.74) is 0. The number of hydrogen-bond donors (Lipinski definition) is 5. The van der Waals surface area contributed by atoms with Gasteiger partial charge >= 0.3 is 0 Å². The van der Waals surface area contributed by atoms with Crippen molar-refractivity contribution in [3.8, 4) is 0 Å². The van der Waals surface area contributed by atoms with Gasteiger partial charge in [0.05, 0.1) is 0 Å². The highest BCUT2D eigenvalue weighted by Gasteiger charge is 2.46. The van der Waals surface area contributed by atoms with Gasteiger partial charge in [-0.2, -0.15) is 0 Å². The summed E-state index contributed by atoms with van der Waals surface area (Å²) in [6.07, 6.45) is -5.26. The van der Waals surface area contributed by atoms with Crippen molar-refractivity contribution in [2.75, 3.05) is 0 Å². The SMILES string of the molecule is CCC=C(O)[C@@H](O)[C@H]1OC(O)[C@H](O)[C@H]1O. The third-order valence-electron chi connectivity index (χ3n) is 2.30. The van der Waals surface area contributed by atoms with Crippen molar-refractivity contribution in [3.05, 3.63) is 11.8 Å². The summed E-state index contributed by atoms with van der Waals surface area (Å²) in [6.45, 7) is 1.76. The van der Waals surface area contributed by atoms with Gasteiger partial charge < -0.3 is 30.3 Å². The third kappa shape index (κ3) is 2.47. The van der Waals surface area contributed by atoms with Gasteiger partial charge in [0, 0.05) is 0 Å². The summed E-state index contributed by atoms with van der Waals surface area (Å²) in [5, 5.41) is 46.5. The van der Waals surface area contributed by atoms with Crippen LogP contribution in [0.25, 0.3) is 0 Å². The van der Waals surface area contributed by atoms with Gasteiger partial charge in [-0.25, -0.2) is 0 Å². The maximum absolute atomic E-state index is 9.53. The van der Waals surface area contributed by atoms with Crippen LogP contribution < -0.4 is 0 Å². The Labute approximate surface area is 87.0 Å². The van der Waals surface area contributed by atoms with Crippen LogP contribution in [0.3, 0.4) is 0 Å². The summed E-state index contributed by atoms with van der Waals surface area (Å²) in [7, 11) is 0. The van der Waals surface area contributed by atoms with Crippen molar-refractivity contribution in [2.45, 2.75) is 44.1 Å². The molecule has 0 aliphatic carbocycles. The summed E-state index contributed by atoms with van der Waals surface area (Å²) in [4.78, 5) is 0. The Kier molecular flexibility index (Phi) is 4.06. The maximum Gasteiger partial charge on any atom is 0.184 e. The van der Waals surface area contributed by atoms with Crippen LogP contribution in [0.15, 0.2) is 11.8 Å². The minimum atomic E-state index is -1.55. The Morgan fingerprint density at radius 1 is 1.33 bits per heavy atom. The standard InChI is InChI=1S/C9H16O6/c1-2-3-4(10)5(11)8-6(12)7(13)9(14)15-8/h3,5-14H,2H2,1H3/t5-,6-,7-,8-,9?/m1/s1. The predicted octanol–water partition coefficient (Wildman–Crippen LogP) is -1.36. The zero-order valence-electron chi connectivity index (χ0n) is 8.32. The second-order valence-corrected chi connectivity index (χ2v) is 3.45. The Morgan fingerprint density at radius 3 is 2.33 bits per heavy atom. The first-order chi connectivity index (χ1) is 6.99. The second-order valence-electron chi connectivity index (χ2n) is 3.45. The Balaban J connectivity index is 2.69. The van der Waals surface area contributed by atoms with E-state index in [9.17, 15) is 15.3 Å². The molecule has 1 unspecified atom stereocenters. The van der Waals surface area contributed by atoms with Crippen molar-refractivity contribution in [1.29, 1.82) is 0 Å². The lowest BCUT2D eigenvalue weighted by Crippen LogP contribution is -2.39. The van der Waals surface area contributed by atoms with Crippen molar-refractivity contribution >= 4 is 0 Å². The molecule has 88 valence electrons. The van der Waals surface area contributed by atoms with Gasteiger partial charge in [0.2, 0.25) is 0 Å². The Morgan fingerprint density at radius 2 is 1.93 bits per heavy atom. The van der Waals surface area contributed by atoms with E-state index in [1.165, 1.54) is 6.08 Å². The van der Waals surface area contributed by atoms with Crippen molar-refractivity contribution < 1.29 is 30.3 Å². The minimum Gasteiger partial charge on any atom is -0.510 e. The third-order valence-corrected chi connectivity index (χ3v) is 2.30. The fraction of sp³-hybridized carbons (Fsp3) is 0.778. The van der Waals surface area contributed by atoms with Crippen LogP contribution in [0.2, 0.25) is 0 Å². The van der Waals surface area contributed by atoms with Crippen LogP contribution in [0.1, 0.15) is 13.3 Å². The molecule has 0 aromatic heterocycles. The lowest BCUT2D eigenvalue weighted by Gasteiger charge is -2.20. The molecule has 6 nitrogen and oxygen atoms in total. The number of ether oxygens (including phenoxy) is 1. The van der Waals surface area contributed by atoms with Crippen molar-refractivity contribution in [1.82, 2.24) is 0 Å². The van der Waals surface area contributed by atoms with Gasteiger partial charge in [-0.15, -0.1) is 0 Å². The molecule has 0 spiro atoms. The fourth-order valence-corrected chi connectivity index (χ4v) is 1.44. The molecule has 1 rings (SSSR count). The van der Waals surface area contributed by atoms with E-state index in [1.54, 1.807) is 6.92 Å². The highest BCUT2D eigenvalue weighted by molar-refractivity contribution is 5.05. The van der Waals surface area contributed by atoms with Crippen LogP contribution >= 0.6 is 0 Å². The molecule has 6 heteroatoms. The normalized spacial score (nSPS) is 39.4. The summed E-state index contributed by atoms with van der Waals surface area (Å²) in [6, 6.07) is 0. The van der Waals surface area contributed by atoms with E-state index >= 15 is 0 Å². The maximum atomic E-state index is 9.53. The monoisotopic (exact) mass is 220 g/mol. The minimum absolute atomic E-state index is 0.345. The molecule has 5 N–H and O–H groups in total. The molecule has 15 heavy (non-hydrogen) atoms. The number of aliphatic hydroxyl groups excluding tert-OH is 5. The van der Waals surface area contributed by atoms with E-state index < -0.39 is 30.7 Å². The molecule has 0 bridgehead atoms. The number of allylic oxidation sites excluding steroid dienone is 1. The molecule has 0 radical (unpaired) electrons. The van der Waals surface area contributed by atoms with Crippen LogP contribution in [-0.4, -0.2) is 56.2 Å². The molecule has 0 amide bonds. The molecule has 1 saturated heterocycles. The number of aliphatic hydroxyl groups is 5. The number of hydrogen-bond acceptors (Lipinski definition) is 6. The molecular weight excluding hydrogens is 204 g/mol. The van der Waals surface area contributed by atoms with Crippen LogP contribution in [-0.2, 0) is 4.74 Å². The molecule has 1 heterocycles. The van der Waals surface area contributed by atoms with E-state index in [0.29, 0.717) is 6.42 Å². The van der Waals surface area contributed by atoms with E-state index in [-0.39, 0.29) is 5.76 Å². The average Bonchev–Trinajstić information content (AvgIpc) is 2.45. The smallest absolute Gasteiger partial charge is 0.184 e. The van der Waals surface area contributed by atoms with E-state index in [2.05, 4.69) is 0 Å². The largest absolute Gasteiger partial charge is 0.510 e. The first-order valence-electron chi connectivity index (χ1n) is 4.75. The van der Waals surface area contributed by atoms with Crippen LogP contribution in [0, 0.1) is 0 Å².